The monoisotopic (exact) mass is 351 g/mol. The van der Waals surface area contributed by atoms with Gasteiger partial charge in [0.1, 0.15) is 0 Å². The van der Waals surface area contributed by atoms with Gasteiger partial charge in [-0.2, -0.15) is 10.2 Å². The molecule has 0 aliphatic rings. The highest BCUT2D eigenvalue weighted by atomic mass is 16.5. The smallest absolute Gasteiger partial charge is 0.272 e. The Balaban J connectivity index is 1.65. The maximum atomic E-state index is 11.9. The molecule has 1 amide bonds. The number of carbonyl (C=O) groups excluding carboxylic acids is 1. The number of aromatic nitrogens is 3. The molecule has 8 heteroatoms. The van der Waals surface area contributed by atoms with Crippen LogP contribution in [0.2, 0.25) is 0 Å². The Morgan fingerprint density at radius 3 is 2.92 bits per heavy atom. The van der Waals surface area contributed by atoms with E-state index < -0.39 is 0 Å². The summed E-state index contributed by atoms with van der Waals surface area (Å²) >= 11 is 0. The number of hydrogen-bond acceptors (Lipinski definition) is 6. The molecule has 0 atom stereocenters. The highest BCUT2D eigenvalue weighted by Gasteiger charge is 2.06. The van der Waals surface area contributed by atoms with Crippen molar-refractivity contribution in [2.45, 2.75) is 6.73 Å². The van der Waals surface area contributed by atoms with Gasteiger partial charge in [0.25, 0.3) is 5.91 Å². The Morgan fingerprint density at radius 2 is 2.19 bits per heavy atom. The van der Waals surface area contributed by atoms with Crippen molar-refractivity contribution in [2.75, 3.05) is 7.11 Å². The number of hydrogen-bond donors (Lipinski definition) is 1. The number of methoxy groups -OCH3 is 1. The van der Waals surface area contributed by atoms with E-state index >= 15 is 0 Å². The summed E-state index contributed by atoms with van der Waals surface area (Å²) in [5, 5.41) is 8.04. The number of benzene rings is 1. The third-order valence-electron chi connectivity index (χ3n) is 3.40. The minimum atomic E-state index is -0.335. The van der Waals surface area contributed by atoms with Gasteiger partial charge in [-0.3, -0.25) is 9.78 Å². The van der Waals surface area contributed by atoms with Crippen LogP contribution < -0.4 is 14.9 Å². The number of carbonyl (C=O) groups is 1. The Bertz CT molecular complexity index is 879. The first kappa shape index (κ1) is 17.2. The maximum absolute atomic E-state index is 11.9. The van der Waals surface area contributed by atoms with Gasteiger partial charge in [0.2, 0.25) is 0 Å². The van der Waals surface area contributed by atoms with Gasteiger partial charge in [-0.25, -0.2) is 10.1 Å². The summed E-state index contributed by atoms with van der Waals surface area (Å²) in [6.45, 7) is 0.252. The lowest BCUT2D eigenvalue weighted by atomic mass is 10.2. The zero-order valence-corrected chi connectivity index (χ0v) is 14.1. The minimum Gasteiger partial charge on any atom is -0.493 e. The van der Waals surface area contributed by atoms with E-state index in [4.69, 9.17) is 9.47 Å². The zero-order valence-electron chi connectivity index (χ0n) is 14.1. The number of ether oxygens (including phenoxy) is 2. The Hall–Kier alpha value is -3.68. The number of nitrogens with zero attached hydrogens (tertiary/aromatic N) is 4. The van der Waals surface area contributed by atoms with Gasteiger partial charge in [-0.15, -0.1) is 0 Å². The summed E-state index contributed by atoms with van der Waals surface area (Å²) in [7, 11) is 1.57. The van der Waals surface area contributed by atoms with Crippen LogP contribution in [-0.4, -0.2) is 34.0 Å². The van der Waals surface area contributed by atoms with E-state index in [9.17, 15) is 4.79 Å². The van der Waals surface area contributed by atoms with Crippen LogP contribution in [0.1, 0.15) is 15.9 Å². The second-order valence-electron chi connectivity index (χ2n) is 5.17. The number of hydrazone groups is 1. The molecule has 0 radical (unpaired) electrons. The molecule has 1 aromatic carbocycles. The van der Waals surface area contributed by atoms with Crippen LogP contribution in [0.5, 0.6) is 11.5 Å². The van der Waals surface area contributed by atoms with Gasteiger partial charge >= 0.3 is 0 Å². The predicted octanol–water partition coefficient (Wildman–Crippen LogP) is 2.09. The molecule has 26 heavy (non-hydrogen) atoms. The van der Waals surface area contributed by atoms with Crippen molar-refractivity contribution < 1.29 is 14.3 Å². The molecular weight excluding hydrogens is 334 g/mol. The number of nitrogens with one attached hydrogen (secondary N) is 1. The number of pyridine rings is 1. The summed E-state index contributed by atoms with van der Waals surface area (Å²) in [6.07, 6.45) is 8.07. The molecule has 0 spiro atoms. The first-order valence-electron chi connectivity index (χ1n) is 7.78. The molecule has 3 rings (SSSR count). The Morgan fingerprint density at radius 1 is 1.27 bits per heavy atom. The van der Waals surface area contributed by atoms with Gasteiger partial charge < -0.3 is 9.47 Å². The minimum absolute atomic E-state index is 0.252. The second kappa shape index (κ2) is 8.43. The van der Waals surface area contributed by atoms with Crippen LogP contribution in [0, 0.1) is 0 Å². The van der Waals surface area contributed by atoms with Crippen LogP contribution in [0.25, 0.3) is 0 Å². The van der Waals surface area contributed by atoms with E-state index in [-0.39, 0.29) is 12.6 Å². The van der Waals surface area contributed by atoms with Crippen LogP contribution in [-0.2, 0) is 6.73 Å². The van der Waals surface area contributed by atoms with Crippen LogP contribution >= 0.6 is 0 Å². The maximum Gasteiger partial charge on any atom is 0.272 e. The molecule has 3 aromatic rings. The van der Waals surface area contributed by atoms with Crippen molar-refractivity contribution in [3.05, 3.63) is 72.3 Å². The Labute approximate surface area is 150 Å². The number of amides is 1. The van der Waals surface area contributed by atoms with Crippen LogP contribution in [0.15, 0.2) is 66.3 Å². The van der Waals surface area contributed by atoms with E-state index in [1.54, 1.807) is 60.7 Å². The van der Waals surface area contributed by atoms with Gasteiger partial charge in [0.15, 0.2) is 18.2 Å². The summed E-state index contributed by atoms with van der Waals surface area (Å²) in [6, 6.07) is 10.5. The summed E-state index contributed by atoms with van der Waals surface area (Å²) in [4.78, 5) is 15.8. The van der Waals surface area contributed by atoms with Gasteiger partial charge in [0, 0.05) is 24.8 Å². The lowest BCUT2D eigenvalue weighted by Crippen LogP contribution is -2.17. The van der Waals surface area contributed by atoms with Crippen molar-refractivity contribution in [1.29, 1.82) is 0 Å². The molecule has 132 valence electrons. The van der Waals surface area contributed by atoms with Gasteiger partial charge in [-0.1, -0.05) is 0 Å². The van der Waals surface area contributed by atoms with Gasteiger partial charge in [0.05, 0.1) is 18.9 Å². The first-order valence-corrected chi connectivity index (χ1v) is 7.78. The van der Waals surface area contributed by atoms with Crippen molar-refractivity contribution in [3.63, 3.8) is 0 Å². The first-order chi connectivity index (χ1) is 12.8. The van der Waals surface area contributed by atoms with Crippen molar-refractivity contribution in [2.24, 2.45) is 5.10 Å². The van der Waals surface area contributed by atoms with Crippen LogP contribution in [0.4, 0.5) is 0 Å². The highest BCUT2D eigenvalue weighted by molar-refractivity contribution is 5.94. The molecular formula is C18H17N5O3. The molecule has 2 aromatic heterocycles. The average Bonchev–Trinajstić information content (AvgIpc) is 3.20. The van der Waals surface area contributed by atoms with Crippen LogP contribution in [0.3, 0.4) is 0 Å². The fourth-order valence-electron chi connectivity index (χ4n) is 2.13. The predicted molar refractivity (Wildman–Crippen MR) is 95.1 cm³/mol. The lowest BCUT2D eigenvalue weighted by molar-refractivity contribution is 0.0955. The summed E-state index contributed by atoms with van der Waals surface area (Å²) < 4.78 is 12.7. The molecule has 8 nitrogen and oxygen atoms in total. The topological polar surface area (TPSA) is 90.6 Å². The molecule has 2 heterocycles. The number of rotatable bonds is 7. The fourth-order valence-corrected chi connectivity index (χ4v) is 2.13. The quantitative estimate of drug-likeness (QED) is 0.520. The van der Waals surface area contributed by atoms with E-state index in [0.717, 1.165) is 5.56 Å². The third-order valence-corrected chi connectivity index (χ3v) is 3.40. The van der Waals surface area contributed by atoms with Gasteiger partial charge in [-0.05, 0) is 42.0 Å². The summed E-state index contributed by atoms with van der Waals surface area (Å²) in [5.74, 6) is 0.803. The molecule has 0 aliphatic carbocycles. The van der Waals surface area contributed by atoms with E-state index in [1.807, 2.05) is 6.07 Å². The zero-order chi connectivity index (χ0) is 18.2. The SMILES string of the molecule is COc1ccc(/C=N\NC(=O)c2cccnc2)cc1OCn1cccn1. The molecule has 0 bridgehead atoms. The molecule has 0 saturated carbocycles. The highest BCUT2D eigenvalue weighted by Crippen LogP contribution is 2.27. The molecule has 0 fully saturated rings. The van der Waals surface area contributed by atoms with E-state index in [1.165, 1.54) is 12.4 Å². The molecule has 0 saturated heterocycles. The molecule has 1 N–H and O–H groups in total. The summed E-state index contributed by atoms with van der Waals surface area (Å²) in [5.41, 5.74) is 3.63. The standard InChI is InChI=1S/C18H17N5O3/c1-25-16-6-5-14(10-17(16)26-13-23-9-3-8-21-23)11-20-22-18(24)15-4-2-7-19-12-15/h2-12H,13H2,1H3,(H,22,24)/b20-11-. The van der Waals surface area contributed by atoms with Crippen molar-refractivity contribution in [1.82, 2.24) is 20.2 Å². The normalized spacial score (nSPS) is 10.7. The van der Waals surface area contributed by atoms with Crippen molar-refractivity contribution >= 4 is 12.1 Å². The van der Waals surface area contributed by atoms with E-state index in [0.29, 0.717) is 17.1 Å². The van der Waals surface area contributed by atoms with Crippen molar-refractivity contribution in [3.8, 4) is 11.5 Å². The molecule has 0 unspecified atom stereocenters. The second-order valence-corrected chi connectivity index (χ2v) is 5.17. The Kier molecular flexibility index (Phi) is 5.56. The van der Waals surface area contributed by atoms with E-state index in [2.05, 4.69) is 20.6 Å². The largest absolute Gasteiger partial charge is 0.493 e. The lowest BCUT2D eigenvalue weighted by Gasteiger charge is -2.11. The average molecular weight is 351 g/mol. The molecule has 0 aliphatic heterocycles. The fraction of sp³-hybridized carbons (Fsp3) is 0.111. The third kappa shape index (κ3) is 4.44.